The van der Waals surface area contributed by atoms with Gasteiger partial charge in [0.15, 0.2) is 0 Å². The third kappa shape index (κ3) is 6.74. The molecule has 0 radical (unpaired) electrons. The van der Waals surface area contributed by atoms with Crippen molar-refractivity contribution in [2.45, 2.75) is 6.92 Å². The summed E-state index contributed by atoms with van der Waals surface area (Å²) in [6, 6.07) is 10.4. The zero-order chi connectivity index (χ0) is 28.4. The van der Waals surface area contributed by atoms with Crippen LogP contribution in [0.3, 0.4) is 0 Å². The number of carbonyl (C=O) groups is 2. The van der Waals surface area contributed by atoms with Crippen LogP contribution in [0.4, 0.5) is 0 Å². The first-order valence-corrected chi connectivity index (χ1v) is 11.6. The van der Waals surface area contributed by atoms with E-state index in [1.165, 1.54) is 48.4 Å². The van der Waals surface area contributed by atoms with E-state index in [0.29, 0.717) is 11.3 Å². The molecule has 12 heteroatoms. The molecule has 0 aliphatic heterocycles. The zero-order valence-electron chi connectivity index (χ0n) is 21.7. The van der Waals surface area contributed by atoms with Crippen molar-refractivity contribution in [3.05, 3.63) is 92.8 Å². The minimum atomic E-state index is -0.556. The van der Waals surface area contributed by atoms with Crippen LogP contribution in [0.1, 0.15) is 18.1 Å². The number of nitrogens with zero attached hydrogens (tertiary/aromatic N) is 4. The van der Waals surface area contributed by atoms with Crippen molar-refractivity contribution in [1.82, 2.24) is 18.8 Å². The fraction of sp³-hybridized carbons (Fsp3) is 0.185. The number of hydrogen-bond donors (Lipinski definition) is 0. The topological polar surface area (TPSA) is 140 Å². The van der Waals surface area contributed by atoms with Crippen LogP contribution in [0.25, 0.3) is 23.4 Å². The smallest absolute Gasteiger partial charge is 0.330 e. The summed E-state index contributed by atoms with van der Waals surface area (Å²) in [4.78, 5) is 55.4. The maximum atomic E-state index is 12.3. The summed E-state index contributed by atoms with van der Waals surface area (Å²) in [5.41, 5.74) is 0.707. The van der Waals surface area contributed by atoms with Gasteiger partial charge in [0.05, 0.1) is 27.9 Å². The molecular weight excluding hydrogens is 508 g/mol. The fourth-order valence-electron chi connectivity index (χ4n) is 3.32. The van der Waals surface area contributed by atoms with E-state index < -0.39 is 11.9 Å². The summed E-state index contributed by atoms with van der Waals surface area (Å²) in [6.07, 6.45) is 8.21. The van der Waals surface area contributed by atoms with Gasteiger partial charge >= 0.3 is 11.9 Å². The number of ether oxygens (including phenoxy) is 4. The van der Waals surface area contributed by atoms with Gasteiger partial charge in [-0.05, 0) is 43.3 Å². The average molecular weight is 535 g/mol. The van der Waals surface area contributed by atoms with Crippen LogP contribution in [-0.4, -0.2) is 58.6 Å². The molecule has 0 spiro atoms. The molecule has 0 aliphatic carbocycles. The molecule has 12 nitrogen and oxygen atoms in total. The number of rotatable bonds is 7. The Hall–Kier alpha value is -5.26. The molecule has 0 saturated heterocycles. The Kier molecular flexibility index (Phi) is 9.68. The monoisotopic (exact) mass is 534 g/mol. The molecule has 0 saturated carbocycles. The summed E-state index contributed by atoms with van der Waals surface area (Å²) in [7, 11) is 4.09. The van der Waals surface area contributed by atoms with Crippen LogP contribution in [0.5, 0.6) is 11.8 Å². The third-order valence-electron chi connectivity index (χ3n) is 5.11. The molecule has 0 unspecified atom stereocenters. The molecule has 4 aromatic rings. The Morgan fingerprint density at radius 2 is 1.23 bits per heavy atom. The predicted octanol–water partition coefficient (Wildman–Crippen LogP) is 2.17. The van der Waals surface area contributed by atoms with E-state index in [9.17, 15) is 19.2 Å². The van der Waals surface area contributed by atoms with E-state index in [4.69, 9.17) is 14.2 Å². The molecule has 0 amide bonds. The Bertz CT molecular complexity index is 1670. The highest BCUT2D eigenvalue weighted by Crippen LogP contribution is 2.15. The average Bonchev–Trinajstić information content (AvgIpc) is 2.96. The Morgan fingerprint density at radius 3 is 1.64 bits per heavy atom. The van der Waals surface area contributed by atoms with E-state index in [1.807, 2.05) is 0 Å². The van der Waals surface area contributed by atoms with E-state index >= 15 is 0 Å². The number of esters is 2. The summed E-state index contributed by atoms with van der Waals surface area (Å²) in [5, 5.41) is 0. The van der Waals surface area contributed by atoms with Gasteiger partial charge in [0.2, 0.25) is 11.8 Å². The molecule has 0 aromatic carbocycles. The molecule has 4 rings (SSSR count). The van der Waals surface area contributed by atoms with Gasteiger partial charge in [-0.1, -0.05) is 12.1 Å². The number of hydrogen-bond acceptors (Lipinski definition) is 10. The molecule has 4 aromatic heterocycles. The van der Waals surface area contributed by atoms with Crippen molar-refractivity contribution < 1.29 is 28.5 Å². The van der Waals surface area contributed by atoms with Crippen LogP contribution in [0.2, 0.25) is 0 Å². The lowest BCUT2D eigenvalue weighted by molar-refractivity contribution is -0.137. The van der Waals surface area contributed by atoms with Crippen molar-refractivity contribution in [3.8, 4) is 11.8 Å². The van der Waals surface area contributed by atoms with Crippen molar-refractivity contribution in [1.29, 1.82) is 0 Å². The first-order valence-electron chi connectivity index (χ1n) is 11.6. The zero-order valence-corrected chi connectivity index (χ0v) is 21.7. The normalized spacial score (nSPS) is 10.9. The van der Waals surface area contributed by atoms with Gasteiger partial charge in [0.25, 0.3) is 11.1 Å². The predicted molar refractivity (Wildman–Crippen MR) is 143 cm³/mol. The lowest BCUT2D eigenvalue weighted by Gasteiger charge is -2.06. The quantitative estimate of drug-likeness (QED) is 0.256. The minimum absolute atomic E-state index is 0.163. The summed E-state index contributed by atoms with van der Waals surface area (Å²) in [5.74, 6) is -0.746. The van der Waals surface area contributed by atoms with Gasteiger partial charge in [0, 0.05) is 24.5 Å². The molecule has 4 heterocycles. The molecule has 0 fully saturated rings. The van der Waals surface area contributed by atoms with E-state index in [-0.39, 0.29) is 40.6 Å². The van der Waals surface area contributed by atoms with Crippen LogP contribution in [0, 0.1) is 0 Å². The second kappa shape index (κ2) is 13.3. The molecule has 39 heavy (non-hydrogen) atoms. The maximum absolute atomic E-state index is 12.3. The lowest BCUT2D eigenvalue weighted by Crippen LogP contribution is -2.18. The highest BCUT2D eigenvalue weighted by molar-refractivity contribution is 5.88. The van der Waals surface area contributed by atoms with Gasteiger partial charge < -0.3 is 18.9 Å². The van der Waals surface area contributed by atoms with Crippen molar-refractivity contribution >= 4 is 35.4 Å². The number of methoxy groups -OCH3 is 3. The SMILES string of the molecule is CCOC(=O)/C=C\c1c(OC)nc2ccccn2c1=O.COC(=O)/C=C\c1c(OC)nc2ccccn2c1=O. The number of aromatic nitrogens is 4. The van der Waals surface area contributed by atoms with Gasteiger partial charge in [0.1, 0.15) is 22.4 Å². The summed E-state index contributed by atoms with van der Waals surface area (Å²) >= 11 is 0. The standard InChI is InChI=1S/C14H14N2O4.C13H12N2O4/c1-3-20-12(17)8-7-10-13(19-2)15-11-6-4-5-9-16(11)14(10)18;1-18-11(16)7-6-9-12(19-2)14-10-5-3-4-8-15(10)13(9)17/h4-9H,3H2,1-2H3;3-8H,1-2H3/b8-7-;7-6-. The lowest BCUT2D eigenvalue weighted by atomic mass is 10.2. The van der Waals surface area contributed by atoms with Crippen LogP contribution in [-0.2, 0) is 19.1 Å². The largest absolute Gasteiger partial charge is 0.480 e. The number of carbonyl (C=O) groups excluding carboxylic acids is 2. The van der Waals surface area contributed by atoms with Crippen LogP contribution < -0.4 is 20.6 Å². The van der Waals surface area contributed by atoms with Crippen molar-refractivity contribution in [2.24, 2.45) is 0 Å². The maximum Gasteiger partial charge on any atom is 0.330 e. The van der Waals surface area contributed by atoms with Gasteiger partial charge in [-0.3, -0.25) is 18.4 Å². The molecule has 0 atom stereocenters. The molecule has 0 bridgehead atoms. The summed E-state index contributed by atoms with van der Waals surface area (Å²) in [6.45, 7) is 1.98. The van der Waals surface area contributed by atoms with Gasteiger partial charge in [-0.15, -0.1) is 0 Å². The Balaban J connectivity index is 0.000000216. The molecule has 0 aliphatic rings. The molecular formula is C27H26N4O8. The van der Waals surface area contributed by atoms with Gasteiger partial charge in [-0.25, -0.2) is 9.59 Å². The fourth-order valence-corrected chi connectivity index (χ4v) is 3.32. The molecule has 202 valence electrons. The second-order valence-electron chi connectivity index (χ2n) is 7.48. The minimum Gasteiger partial charge on any atom is -0.480 e. The second-order valence-corrected chi connectivity index (χ2v) is 7.48. The first-order chi connectivity index (χ1) is 18.8. The van der Waals surface area contributed by atoms with Gasteiger partial charge in [-0.2, -0.15) is 9.97 Å². The van der Waals surface area contributed by atoms with E-state index in [2.05, 4.69) is 14.7 Å². The van der Waals surface area contributed by atoms with Crippen molar-refractivity contribution in [3.63, 3.8) is 0 Å². The first kappa shape index (κ1) is 28.3. The van der Waals surface area contributed by atoms with Crippen LogP contribution in [0.15, 0.2) is 70.5 Å². The third-order valence-corrected chi connectivity index (χ3v) is 5.11. The van der Waals surface area contributed by atoms with E-state index in [1.54, 1.807) is 55.7 Å². The van der Waals surface area contributed by atoms with Crippen LogP contribution >= 0.6 is 0 Å². The number of pyridine rings is 2. The van der Waals surface area contributed by atoms with Crippen molar-refractivity contribution in [2.75, 3.05) is 27.9 Å². The number of fused-ring (bicyclic) bond motifs is 2. The summed E-state index contributed by atoms with van der Waals surface area (Å²) < 4.78 is 22.2. The Labute approximate surface area is 222 Å². The highest BCUT2D eigenvalue weighted by Gasteiger charge is 2.12. The molecule has 0 N–H and O–H groups in total. The van der Waals surface area contributed by atoms with E-state index in [0.717, 1.165) is 6.08 Å². The Morgan fingerprint density at radius 1 is 0.769 bits per heavy atom. The highest BCUT2D eigenvalue weighted by atomic mass is 16.5.